The molecular formula is C18H19Cl2NO3. The molecule has 0 bridgehead atoms. The van der Waals surface area contributed by atoms with E-state index < -0.39 is 0 Å². The second-order valence-corrected chi connectivity index (χ2v) is 5.98. The van der Waals surface area contributed by atoms with Gasteiger partial charge in [0.05, 0.1) is 10.0 Å². The van der Waals surface area contributed by atoms with Crippen LogP contribution in [0.3, 0.4) is 0 Å². The molecule has 0 aromatic heterocycles. The van der Waals surface area contributed by atoms with Gasteiger partial charge < -0.3 is 14.8 Å². The maximum Gasteiger partial charge on any atom is 0.251 e. The first-order valence-corrected chi connectivity index (χ1v) is 8.29. The van der Waals surface area contributed by atoms with Crippen LogP contribution in [0.5, 0.6) is 5.75 Å². The van der Waals surface area contributed by atoms with Crippen LogP contribution in [0.4, 0.5) is 0 Å². The number of nitrogens with one attached hydrogen (secondary N) is 1. The minimum Gasteiger partial charge on any atom is -0.489 e. The van der Waals surface area contributed by atoms with Crippen LogP contribution >= 0.6 is 23.2 Å². The van der Waals surface area contributed by atoms with Crippen molar-refractivity contribution in [3.8, 4) is 5.75 Å². The Labute approximate surface area is 151 Å². The van der Waals surface area contributed by atoms with E-state index in [1.807, 2.05) is 6.07 Å². The molecule has 1 amide bonds. The fraction of sp³-hybridized carbons (Fsp3) is 0.278. The molecule has 0 saturated heterocycles. The minimum absolute atomic E-state index is 0.133. The third-order valence-corrected chi connectivity index (χ3v) is 4.04. The molecule has 0 spiro atoms. The third-order valence-electron chi connectivity index (χ3n) is 3.30. The highest BCUT2D eigenvalue weighted by Gasteiger charge is 2.07. The van der Waals surface area contributed by atoms with Gasteiger partial charge >= 0.3 is 0 Å². The van der Waals surface area contributed by atoms with Crippen LogP contribution in [-0.4, -0.2) is 26.2 Å². The summed E-state index contributed by atoms with van der Waals surface area (Å²) in [5.41, 5.74) is 1.46. The van der Waals surface area contributed by atoms with Gasteiger partial charge in [0.2, 0.25) is 0 Å². The van der Waals surface area contributed by atoms with E-state index in [1.165, 1.54) is 0 Å². The summed E-state index contributed by atoms with van der Waals surface area (Å²) in [5.74, 6) is 0.483. The predicted molar refractivity (Wildman–Crippen MR) is 96.1 cm³/mol. The molecule has 0 aliphatic heterocycles. The van der Waals surface area contributed by atoms with E-state index in [0.717, 1.165) is 12.0 Å². The zero-order valence-electron chi connectivity index (χ0n) is 13.4. The van der Waals surface area contributed by atoms with Gasteiger partial charge in [-0.25, -0.2) is 0 Å². The van der Waals surface area contributed by atoms with Gasteiger partial charge in [0.1, 0.15) is 12.4 Å². The van der Waals surface area contributed by atoms with Crippen molar-refractivity contribution in [2.75, 3.05) is 20.3 Å². The summed E-state index contributed by atoms with van der Waals surface area (Å²) in [5, 5.41) is 3.84. The van der Waals surface area contributed by atoms with Crippen LogP contribution in [0, 0.1) is 0 Å². The van der Waals surface area contributed by atoms with Crippen LogP contribution in [-0.2, 0) is 11.3 Å². The molecule has 4 nitrogen and oxygen atoms in total. The summed E-state index contributed by atoms with van der Waals surface area (Å²) < 4.78 is 10.7. The van der Waals surface area contributed by atoms with Gasteiger partial charge in [0.25, 0.3) is 5.91 Å². The van der Waals surface area contributed by atoms with Crippen LogP contribution in [0.15, 0.2) is 42.5 Å². The number of rotatable bonds is 8. The van der Waals surface area contributed by atoms with Gasteiger partial charge in [-0.1, -0.05) is 35.3 Å². The van der Waals surface area contributed by atoms with Gasteiger partial charge in [-0.15, -0.1) is 0 Å². The molecule has 2 aromatic carbocycles. The van der Waals surface area contributed by atoms with Gasteiger partial charge in [-0.3, -0.25) is 4.79 Å². The first-order valence-electron chi connectivity index (χ1n) is 7.54. The van der Waals surface area contributed by atoms with E-state index in [1.54, 1.807) is 43.5 Å². The van der Waals surface area contributed by atoms with Crippen molar-refractivity contribution in [2.24, 2.45) is 0 Å². The second-order valence-electron chi connectivity index (χ2n) is 5.17. The average Bonchev–Trinajstić information content (AvgIpc) is 2.60. The maximum atomic E-state index is 12.1. The molecule has 0 radical (unpaired) electrons. The lowest BCUT2D eigenvalue weighted by atomic mass is 10.2. The molecular weight excluding hydrogens is 349 g/mol. The summed E-state index contributed by atoms with van der Waals surface area (Å²) >= 11 is 11.9. The Kier molecular flexibility index (Phi) is 7.37. The Morgan fingerprint density at radius 3 is 2.71 bits per heavy atom. The lowest BCUT2D eigenvalue weighted by Gasteiger charge is -2.09. The van der Waals surface area contributed by atoms with E-state index in [4.69, 9.17) is 32.7 Å². The lowest BCUT2D eigenvalue weighted by Crippen LogP contribution is -2.25. The number of hydrogen-bond donors (Lipinski definition) is 1. The Bertz CT molecular complexity index is 692. The molecule has 0 unspecified atom stereocenters. The zero-order chi connectivity index (χ0) is 17.4. The van der Waals surface area contributed by atoms with Gasteiger partial charge in [0.15, 0.2) is 0 Å². The van der Waals surface area contributed by atoms with Crippen molar-refractivity contribution in [3.63, 3.8) is 0 Å². The number of amides is 1. The Hall–Kier alpha value is -1.75. The highest BCUT2D eigenvalue weighted by molar-refractivity contribution is 6.42. The summed E-state index contributed by atoms with van der Waals surface area (Å²) in [6.45, 7) is 1.53. The van der Waals surface area contributed by atoms with Crippen molar-refractivity contribution in [2.45, 2.75) is 13.0 Å². The first-order chi connectivity index (χ1) is 11.6. The fourth-order valence-corrected chi connectivity index (χ4v) is 2.36. The van der Waals surface area contributed by atoms with Crippen molar-refractivity contribution < 1.29 is 14.3 Å². The van der Waals surface area contributed by atoms with Crippen molar-refractivity contribution in [3.05, 3.63) is 63.6 Å². The number of hydrogen-bond acceptors (Lipinski definition) is 3. The number of ether oxygens (including phenoxy) is 2. The monoisotopic (exact) mass is 367 g/mol. The highest BCUT2D eigenvalue weighted by Crippen LogP contribution is 2.23. The van der Waals surface area contributed by atoms with E-state index in [9.17, 15) is 4.79 Å². The topological polar surface area (TPSA) is 47.6 Å². The molecule has 2 aromatic rings. The van der Waals surface area contributed by atoms with Crippen LogP contribution in [0.2, 0.25) is 10.0 Å². The molecule has 6 heteroatoms. The highest BCUT2D eigenvalue weighted by atomic mass is 35.5. The Morgan fingerprint density at radius 2 is 1.96 bits per heavy atom. The molecule has 0 fully saturated rings. The standard InChI is InChI=1S/C18H19Cl2NO3/c1-23-9-3-8-21-18(22)14-4-2-5-15(11-14)24-12-13-6-7-16(19)17(20)10-13/h2,4-7,10-11H,3,8-9,12H2,1H3,(H,21,22). The molecule has 128 valence electrons. The predicted octanol–water partition coefficient (Wildman–Crippen LogP) is 4.34. The van der Waals surface area contributed by atoms with Crippen LogP contribution in [0.25, 0.3) is 0 Å². The average molecular weight is 368 g/mol. The summed E-state index contributed by atoms with van der Waals surface area (Å²) in [7, 11) is 1.64. The molecule has 0 aliphatic carbocycles. The summed E-state index contributed by atoms with van der Waals surface area (Å²) in [6, 6.07) is 12.4. The quantitative estimate of drug-likeness (QED) is 0.706. The van der Waals surface area contributed by atoms with E-state index in [-0.39, 0.29) is 5.91 Å². The molecule has 24 heavy (non-hydrogen) atoms. The zero-order valence-corrected chi connectivity index (χ0v) is 14.9. The number of halogens is 2. The molecule has 0 atom stereocenters. The van der Waals surface area contributed by atoms with E-state index in [2.05, 4.69) is 5.32 Å². The Balaban J connectivity index is 1.92. The minimum atomic E-state index is -0.133. The van der Waals surface area contributed by atoms with E-state index >= 15 is 0 Å². The van der Waals surface area contributed by atoms with Crippen LogP contribution < -0.4 is 10.1 Å². The third kappa shape index (κ3) is 5.71. The first kappa shape index (κ1) is 18.6. The molecule has 1 N–H and O–H groups in total. The smallest absolute Gasteiger partial charge is 0.251 e. The molecule has 0 saturated carbocycles. The fourth-order valence-electron chi connectivity index (χ4n) is 2.04. The largest absolute Gasteiger partial charge is 0.489 e. The number of methoxy groups -OCH3 is 1. The van der Waals surface area contributed by atoms with Crippen molar-refractivity contribution in [1.29, 1.82) is 0 Å². The van der Waals surface area contributed by atoms with Crippen LogP contribution in [0.1, 0.15) is 22.3 Å². The molecule has 0 aliphatic rings. The summed E-state index contributed by atoms with van der Waals surface area (Å²) in [6.07, 6.45) is 0.774. The summed E-state index contributed by atoms with van der Waals surface area (Å²) in [4.78, 5) is 12.1. The molecule has 0 heterocycles. The van der Waals surface area contributed by atoms with E-state index in [0.29, 0.717) is 41.1 Å². The SMILES string of the molecule is COCCCNC(=O)c1cccc(OCc2ccc(Cl)c(Cl)c2)c1. The molecule has 2 rings (SSSR count). The number of carbonyl (C=O) groups excluding carboxylic acids is 1. The van der Waals surface area contributed by atoms with Gasteiger partial charge in [-0.2, -0.15) is 0 Å². The Morgan fingerprint density at radius 1 is 1.12 bits per heavy atom. The second kappa shape index (κ2) is 9.52. The maximum absolute atomic E-state index is 12.1. The van der Waals surface area contributed by atoms with Crippen molar-refractivity contribution in [1.82, 2.24) is 5.32 Å². The van der Waals surface area contributed by atoms with Gasteiger partial charge in [0, 0.05) is 25.8 Å². The van der Waals surface area contributed by atoms with Gasteiger partial charge in [-0.05, 0) is 42.3 Å². The number of benzene rings is 2. The van der Waals surface area contributed by atoms with Crippen molar-refractivity contribution >= 4 is 29.1 Å². The normalized spacial score (nSPS) is 10.5. The lowest BCUT2D eigenvalue weighted by molar-refractivity contribution is 0.0948. The number of carbonyl (C=O) groups is 1.